The molecule has 3 nitrogen and oxygen atoms in total. The summed E-state index contributed by atoms with van der Waals surface area (Å²) in [4.78, 5) is 0. The third kappa shape index (κ3) is 2.49. The fourth-order valence-corrected chi connectivity index (χ4v) is 1.69. The summed E-state index contributed by atoms with van der Waals surface area (Å²) in [6.07, 6.45) is -2.74. The van der Waals surface area contributed by atoms with Gasteiger partial charge in [0.05, 0.1) is 17.4 Å². The highest BCUT2D eigenvalue weighted by Gasteiger charge is 2.32. The molecule has 2 aromatic rings. The highest BCUT2D eigenvalue weighted by molar-refractivity contribution is 6.30. The Balaban J connectivity index is 2.49. The van der Waals surface area contributed by atoms with Crippen molar-refractivity contribution in [1.82, 2.24) is 9.78 Å². The summed E-state index contributed by atoms with van der Waals surface area (Å²) in [5.41, 5.74) is 5.82. The van der Waals surface area contributed by atoms with Crippen LogP contribution in [0.3, 0.4) is 0 Å². The molecule has 96 valence electrons. The van der Waals surface area contributed by atoms with E-state index in [4.69, 9.17) is 17.3 Å². The molecule has 0 aliphatic heterocycles. The van der Waals surface area contributed by atoms with Gasteiger partial charge in [-0.2, -0.15) is 18.3 Å². The molecule has 1 heterocycles. The van der Waals surface area contributed by atoms with Crippen molar-refractivity contribution in [3.8, 4) is 5.69 Å². The predicted octanol–water partition coefficient (Wildman–Crippen LogP) is 3.00. The van der Waals surface area contributed by atoms with Gasteiger partial charge in [0.15, 0.2) is 0 Å². The number of hydrogen-bond acceptors (Lipinski definition) is 2. The lowest BCUT2D eigenvalue weighted by molar-refractivity contribution is -0.137. The van der Waals surface area contributed by atoms with Crippen molar-refractivity contribution in [1.29, 1.82) is 0 Å². The smallest absolute Gasteiger partial charge is 0.326 e. The number of nitrogens with zero attached hydrogens (tertiary/aromatic N) is 2. The lowest BCUT2D eigenvalue weighted by Crippen LogP contribution is -2.06. The van der Waals surface area contributed by atoms with Crippen molar-refractivity contribution in [3.05, 3.63) is 46.7 Å². The summed E-state index contributed by atoms with van der Waals surface area (Å²) in [5.74, 6) is 0. The molecule has 0 bridgehead atoms. The molecular formula is C11H9ClF3N3. The van der Waals surface area contributed by atoms with Gasteiger partial charge in [-0.25, -0.2) is 4.68 Å². The predicted molar refractivity (Wildman–Crippen MR) is 61.5 cm³/mol. The van der Waals surface area contributed by atoms with Crippen LogP contribution in [0.1, 0.15) is 11.1 Å². The molecule has 18 heavy (non-hydrogen) atoms. The molecule has 0 atom stereocenters. The molecule has 0 spiro atoms. The number of aromatic nitrogens is 2. The molecular weight excluding hydrogens is 267 g/mol. The molecule has 1 aromatic heterocycles. The zero-order valence-electron chi connectivity index (χ0n) is 9.08. The summed E-state index contributed by atoms with van der Waals surface area (Å²) in [6, 6.07) is 4.81. The van der Waals surface area contributed by atoms with Gasteiger partial charge in [0, 0.05) is 17.8 Å². The quantitative estimate of drug-likeness (QED) is 0.916. The Morgan fingerprint density at radius 1 is 1.33 bits per heavy atom. The van der Waals surface area contributed by atoms with Gasteiger partial charge < -0.3 is 5.73 Å². The molecule has 0 saturated heterocycles. The first-order chi connectivity index (χ1) is 8.41. The van der Waals surface area contributed by atoms with E-state index in [0.717, 1.165) is 17.1 Å². The van der Waals surface area contributed by atoms with Crippen LogP contribution in [0.25, 0.3) is 5.69 Å². The van der Waals surface area contributed by atoms with Crippen LogP contribution < -0.4 is 5.73 Å². The third-order valence-electron chi connectivity index (χ3n) is 2.42. The maximum atomic E-state index is 12.5. The number of alkyl halides is 3. The third-order valence-corrected chi connectivity index (χ3v) is 2.66. The van der Waals surface area contributed by atoms with Gasteiger partial charge in [0.2, 0.25) is 0 Å². The Labute approximate surface area is 106 Å². The van der Waals surface area contributed by atoms with Crippen LogP contribution in [0, 0.1) is 0 Å². The summed E-state index contributed by atoms with van der Waals surface area (Å²) in [5, 5.41) is 4.09. The van der Waals surface area contributed by atoms with Gasteiger partial charge in [-0.05, 0) is 17.7 Å². The van der Waals surface area contributed by atoms with Crippen LogP contribution in [-0.4, -0.2) is 9.78 Å². The second-order valence-corrected chi connectivity index (χ2v) is 4.08. The Hall–Kier alpha value is -1.53. The maximum Gasteiger partial charge on any atom is 0.419 e. The van der Waals surface area contributed by atoms with Crippen molar-refractivity contribution < 1.29 is 13.2 Å². The van der Waals surface area contributed by atoms with Crippen molar-refractivity contribution in [2.45, 2.75) is 12.7 Å². The van der Waals surface area contributed by atoms with Crippen LogP contribution in [0.4, 0.5) is 13.2 Å². The Bertz CT molecular complexity index is 563. The Morgan fingerprint density at radius 3 is 2.61 bits per heavy atom. The zero-order chi connectivity index (χ0) is 13.3. The lowest BCUT2D eigenvalue weighted by atomic mass is 10.2. The molecule has 0 aliphatic carbocycles. The molecule has 1 aromatic carbocycles. The van der Waals surface area contributed by atoms with E-state index < -0.39 is 11.7 Å². The van der Waals surface area contributed by atoms with Crippen molar-refractivity contribution in [2.75, 3.05) is 0 Å². The van der Waals surface area contributed by atoms with E-state index in [1.165, 1.54) is 6.07 Å². The van der Waals surface area contributed by atoms with E-state index in [0.29, 0.717) is 16.3 Å². The largest absolute Gasteiger partial charge is 0.419 e. The van der Waals surface area contributed by atoms with E-state index >= 15 is 0 Å². The van der Waals surface area contributed by atoms with E-state index in [-0.39, 0.29) is 6.54 Å². The standard InChI is InChI=1S/C11H9ClF3N3/c12-9-2-1-7(4-16)10(3-9)18-6-8(5-17-18)11(13,14)15/h1-3,5-6H,4,16H2. The minimum Gasteiger partial charge on any atom is -0.326 e. The van der Waals surface area contributed by atoms with Gasteiger partial charge in [-0.3, -0.25) is 0 Å². The number of halogens is 4. The monoisotopic (exact) mass is 275 g/mol. The molecule has 0 saturated carbocycles. The summed E-state index contributed by atoms with van der Waals surface area (Å²) >= 11 is 5.82. The summed E-state index contributed by atoms with van der Waals surface area (Å²) in [7, 11) is 0. The van der Waals surface area contributed by atoms with Crippen LogP contribution in [-0.2, 0) is 12.7 Å². The average molecular weight is 276 g/mol. The first-order valence-corrected chi connectivity index (χ1v) is 5.40. The molecule has 0 aliphatic rings. The second kappa shape index (κ2) is 4.62. The fourth-order valence-electron chi connectivity index (χ4n) is 1.52. The number of benzene rings is 1. The molecule has 0 amide bonds. The van der Waals surface area contributed by atoms with E-state index in [2.05, 4.69) is 5.10 Å². The first-order valence-electron chi connectivity index (χ1n) is 5.02. The van der Waals surface area contributed by atoms with Crippen LogP contribution in [0.15, 0.2) is 30.6 Å². The Morgan fingerprint density at radius 2 is 2.06 bits per heavy atom. The second-order valence-electron chi connectivity index (χ2n) is 3.65. The maximum absolute atomic E-state index is 12.5. The highest BCUT2D eigenvalue weighted by atomic mass is 35.5. The van der Waals surface area contributed by atoms with Crippen molar-refractivity contribution in [2.24, 2.45) is 5.73 Å². The number of rotatable bonds is 2. The summed E-state index contributed by atoms with van der Waals surface area (Å²) < 4.78 is 38.5. The minimum absolute atomic E-state index is 0.188. The lowest BCUT2D eigenvalue weighted by Gasteiger charge is -2.08. The van der Waals surface area contributed by atoms with Gasteiger partial charge in [0.1, 0.15) is 0 Å². The minimum atomic E-state index is -4.42. The molecule has 7 heteroatoms. The van der Waals surface area contributed by atoms with Crippen molar-refractivity contribution >= 4 is 11.6 Å². The fraction of sp³-hybridized carbons (Fsp3) is 0.182. The van der Waals surface area contributed by atoms with Gasteiger partial charge in [-0.15, -0.1) is 0 Å². The molecule has 0 unspecified atom stereocenters. The highest BCUT2D eigenvalue weighted by Crippen LogP contribution is 2.29. The zero-order valence-corrected chi connectivity index (χ0v) is 9.83. The first kappa shape index (κ1) is 12.9. The molecule has 0 radical (unpaired) electrons. The topological polar surface area (TPSA) is 43.8 Å². The van der Waals surface area contributed by atoms with Crippen molar-refractivity contribution in [3.63, 3.8) is 0 Å². The van der Waals surface area contributed by atoms with Gasteiger partial charge in [-0.1, -0.05) is 17.7 Å². The van der Waals surface area contributed by atoms with Crippen LogP contribution in [0.5, 0.6) is 0 Å². The SMILES string of the molecule is NCc1ccc(Cl)cc1-n1cc(C(F)(F)F)cn1. The average Bonchev–Trinajstić information content (AvgIpc) is 2.77. The Kier molecular flexibility index (Phi) is 3.32. The van der Waals surface area contributed by atoms with E-state index in [9.17, 15) is 13.2 Å². The van der Waals surface area contributed by atoms with Crippen LogP contribution >= 0.6 is 11.6 Å². The number of nitrogens with two attached hydrogens (primary N) is 1. The molecule has 0 fully saturated rings. The molecule has 2 N–H and O–H groups in total. The molecule has 2 rings (SSSR count). The normalized spacial score (nSPS) is 11.8. The van der Waals surface area contributed by atoms with E-state index in [1.54, 1.807) is 12.1 Å². The van der Waals surface area contributed by atoms with Crippen LogP contribution in [0.2, 0.25) is 5.02 Å². The summed E-state index contributed by atoms with van der Waals surface area (Å²) in [6.45, 7) is 0.188. The van der Waals surface area contributed by atoms with Gasteiger partial charge in [0.25, 0.3) is 0 Å². The van der Waals surface area contributed by atoms with Gasteiger partial charge >= 0.3 is 6.18 Å². The number of hydrogen-bond donors (Lipinski definition) is 1. The van der Waals surface area contributed by atoms with E-state index in [1.807, 2.05) is 0 Å².